The van der Waals surface area contributed by atoms with E-state index in [4.69, 9.17) is 0 Å². The minimum absolute atomic E-state index is 0.0477. The molecule has 4 heterocycles. The number of hydrogen-bond acceptors (Lipinski definition) is 5. The van der Waals surface area contributed by atoms with Gasteiger partial charge in [-0.25, -0.2) is 0 Å². The van der Waals surface area contributed by atoms with Gasteiger partial charge in [0.25, 0.3) is 5.91 Å². The lowest BCUT2D eigenvalue weighted by atomic mass is 10.1. The zero-order valence-corrected chi connectivity index (χ0v) is 14.2. The van der Waals surface area contributed by atoms with E-state index in [1.165, 1.54) is 12.5 Å². The first-order valence-corrected chi connectivity index (χ1v) is 8.62. The van der Waals surface area contributed by atoms with Crippen molar-refractivity contribution in [3.8, 4) is 0 Å². The van der Waals surface area contributed by atoms with Crippen molar-refractivity contribution in [2.75, 3.05) is 13.1 Å². The van der Waals surface area contributed by atoms with Crippen molar-refractivity contribution in [3.63, 3.8) is 0 Å². The van der Waals surface area contributed by atoms with Gasteiger partial charge < -0.3 is 4.90 Å². The highest BCUT2D eigenvalue weighted by atomic mass is 16.2. The molecular weight excluding hydrogens is 318 g/mol. The SMILES string of the molecule is CC(=O)c1cc(C(=O)N2C3CCC2CN(Cc2cccnc2)C3)[nH]n1. The Balaban J connectivity index is 1.46. The second-order valence-corrected chi connectivity index (χ2v) is 6.88. The number of aromatic amines is 1. The normalized spacial score (nSPS) is 23.0. The van der Waals surface area contributed by atoms with Crippen LogP contribution in [0.1, 0.15) is 46.3 Å². The second kappa shape index (κ2) is 6.40. The highest BCUT2D eigenvalue weighted by Gasteiger charge is 2.43. The lowest BCUT2D eigenvalue weighted by Gasteiger charge is -2.40. The number of carbonyl (C=O) groups is 2. The zero-order chi connectivity index (χ0) is 17.4. The van der Waals surface area contributed by atoms with Gasteiger partial charge >= 0.3 is 0 Å². The fourth-order valence-electron chi connectivity index (χ4n) is 3.95. The van der Waals surface area contributed by atoms with E-state index in [9.17, 15) is 9.59 Å². The molecule has 0 aromatic carbocycles. The van der Waals surface area contributed by atoms with Crippen molar-refractivity contribution in [3.05, 3.63) is 47.5 Å². The maximum atomic E-state index is 12.9. The van der Waals surface area contributed by atoms with Crippen LogP contribution in [0.4, 0.5) is 0 Å². The molecule has 2 aromatic rings. The molecule has 2 aromatic heterocycles. The molecule has 130 valence electrons. The minimum atomic E-state index is -0.139. The van der Waals surface area contributed by atoms with Crippen LogP contribution in [0.5, 0.6) is 0 Å². The maximum absolute atomic E-state index is 12.9. The number of hydrogen-bond donors (Lipinski definition) is 1. The molecule has 0 radical (unpaired) electrons. The van der Waals surface area contributed by atoms with E-state index in [2.05, 4.69) is 26.1 Å². The third-order valence-electron chi connectivity index (χ3n) is 5.09. The maximum Gasteiger partial charge on any atom is 0.272 e. The molecule has 1 amide bonds. The smallest absolute Gasteiger partial charge is 0.272 e. The number of amides is 1. The summed E-state index contributed by atoms with van der Waals surface area (Å²) in [6.07, 6.45) is 5.72. The predicted molar refractivity (Wildman–Crippen MR) is 91.1 cm³/mol. The molecule has 1 N–H and O–H groups in total. The lowest BCUT2D eigenvalue weighted by Crippen LogP contribution is -2.55. The molecule has 0 saturated carbocycles. The summed E-state index contributed by atoms with van der Waals surface area (Å²) in [5.74, 6) is -0.187. The van der Waals surface area contributed by atoms with Gasteiger partial charge in [0.2, 0.25) is 0 Å². The molecule has 2 atom stereocenters. The van der Waals surface area contributed by atoms with Crippen molar-refractivity contribution in [1.82, 2.24) is 25.0 Å². The number of fused-ring (bicyclic) bond motifs is 2. The Morgan fingerprint density at radius 3 is 2.64 bits per heavy atom. The van der Waals surface area contributed by atoms with Crippen LogP contribution in [0.25, 0.3) is 0 Å². The van der Waals surface area contributed by atoms with Gasteiger partial charge in [0.1, 0.15) is 11.4 Å². The number of nitrogens with one attached hydrogen (secondary N) is 1. The summed E-state index contributed by atoms with van der Waals surface area (Å²) in [5.41, 5.74) is 1.91. The molecule has 2 aliphatic rings. The number of likely N-dealkylation sites (tertiary alicyclic amines) is 1. The molecule has 25 heavy (non-hydrogen) atoms. The van der Waals surface area contributed by atoms with Crippen LogP contribution in [0, 0.1) is 0 Å². The van der Waals surface area contributed by atoms with E-state index in [0.717, 1.165) is 32.5 Å². The summed E-state index contributed by atoms with van der Waals surface area (Å²) in [4.78, 5) is 32.8. The van der Waals surface area contributed by atoms with E-state index < -0.39 is 0 Å². The Morgan fingerprint density at radius 2 is 2.04 bits per heavy atom. The third kappa shape index (κ3) is 3.07. The van der Waals surface area contributed by atoms with Crippen molar-refractivity contribution < 1.29 is 9.59 Å². The van der Waals surface area contributed by atoms with E-state index in [0.29, 0.717) is 11.4 Å². The van der Waals surface area contributed by atoms with Gasteiger partial charge in [-0.05, 0) is 30.5 Å². The van der Waals surface area contributed by atoms with E-state index >= 15 is 0 Å². The average Bonchev–Trinajstić information content (AvgIpc) is 3.19. The number of ketones is 1. The van der Waals surface area contributed by atoms with Crippen LogP contribution in [-0.2, 0) is 6.54 Å². The van der Waals surface area contributed by atoms with Crippen LogP contribution in [0.2, 0.25) is 0 Å². The zero-order valence-electron chi connectivity index (χ0n) is 14.2. The number of aromatic nitrogens is 3. The van der Waals surface area contributed by atoms with Gasteiger partial charge in [0.15, 0.2) is 5.78 Å². The number of H-pyrrole nitrogens is 1. The first kappa shape index (κ1) is 16.0. The second-order valence-electron chi connectivity index (χ2n) is 6.88. The molecule has 2 saturated heterocycles. The third-order valence-corrected chi connectivity index (χ3v) is 5.09. The van der Waals surface area contributed by atoms with Crippen molar-refractivity contribution in [2.45, 2.75) is 38.4 Å². The van der Waals surface area contributed by atoms with Gasteiger partial charge in [-0.1, -0.05) is 6.07 Å². The van der Waals surface area contributed by atoms with Crippen LogP contribution in [-0.4, -0.2) is 61.8 Å². The first-order valence-electron chi connectivity index (χ1n) is 8.62. The van der Waals surface area contributed by atoms with Crippen LogP contribution >= 0.6 is 0 Å². The Labute approximate surface area is 146 Å². The molecule has 2 aliphatic heterocycles. The number of pyridine rings is 1. The molecule has 7 heteroatoms. The van der Waals surface area contributed by atoms with Gasteiger partial charge in [-0.15, -0.1) is 0 Å². The molecular formula is C18H21N5O2. The molecule has 2 fully saturated rings. The van der Waals surface area contributed by atoms with Crippen LogP contribution in [0.15, 0.2) is 30.6 Å². The summed E-state index contributed by atoms with van der Waals surface area (Å²) in [5, 5.41) is 6.65. The summed E-state index contributed by atoms with van der Waals surface area (Å²) in [6, 6.07) is 6.03. The Bertz CT molecular complexity index is 774. The van der Waals surface area contributed by atoms with Crippen LogP contribution < -0.4 is 0 Å². The standard InChI is InChI=1S/C18H21N5O2/c1-12(24)16-7-17(21-20-16)18(25)23-14-4-5-15(23)11-22(10-14)9-13-3-2-6-19-8-13/h2-3,6-8,14-15H,4-5,9-11H2,1H3,(H,20,21). The summed E-state index contributed by atoms with van der Waals surface area (Å²) >= 11 is 0. The summed E-state index contributed by atoms with van der Waals surface area (Å²) in [7, 11) is 0. The quantitative estimate of drug-likeness (QED) is 0.854. The topological polar surface area (TPSA) is 82.2 Å². The van der Waals surface area contributed by atoms with Gasteiger partial charge in [-0.3, -0.25) is 24.6 Å². The van der Waals surface area contributed by atoms with Crippen molar-refractivity contribution in [2.24, 2.45) is 0 Å². The predicted octanol–water partition coefficient (Wildman–Crippen LogP) is 1.50. The summed E-state index contributed by atoms with van der Waals surface area (Å²) in [6.45, 7) is 4.04. The van der Waals surface area contributed by atoms with Gasteiger partial charge in [0.05, 0.1) is 0 Å². The Morgan fingerprint density at radius 1 is 1.28 bits per heavy atom. The van der Waals surface area contributed by atoms with E-state index in [1.807, 2.05) is 17.2 Å². The molecule has 0 spiro atoms. The Hall–Kier alpha value is -2.54. The molecule has 2 bridgehead atoms. The molecule has 2 unspecified atom stereocenters. The number of nitrogens with zero attached hydrogens (tertiary/aromatic N) is 4. The van der Waals surface area contributed by atoms with E-state index in [-0.39, 0.29) is 23.8 Å². The monoisotopic (exact) mass is 339 g/mol. The van der Waals surface area contributed by atoms with Gasteiger partial charge in [0, 0.05) is 51.0 Å². The highest BCUT2D eigenvalue weighted by Crippen LogP contribution is 2.32. The molecule has 4 rings (SSSR count). The molecule has 7 nitrogen and oxygen atoms in total. The molecule has 0 aliphatic carbocycles. The fourth-order valence-corrected chi connectivity index (χ4v) is 3.95. The largest absolute Gasteiger partial charge is 0.329 e. The number of rotatable bonds is 4. The minimum Gasteiger partial charge on any atom is -0.329 e. The highest BCUT2D eigenvalue weighted by molar-refractivity contribution is 5.97. The van der Waals surface area contributed by atoms with Crippen molar-refractivity contribution in [1.29, 1.82) is 0 Å². The van der Waals surface area contributed by atoms with Gasteiger partial charge in [-0.2, -0.15) is 5.10 Å². The van der Waals surface area contributed by atoms with Crippen LogP contribution in [0.3, 0.4) is 0 Å². The number of Topliss-reactive ketones (excluding diaryl/α,β-unsaturated/α-hetero) is 1. The lowest BCUT2D eigenvalue weighted by molar-refractivity contribution is 0.0399. The number of carbonyl (C=O) groups excluding carboxylic acids is 2. The first-order chi connectivity index (χ1) is 12.1. The van der Waals surface area contributed by atoms with Crippen molar-refractivity contribution >= 4 is 11.7 Å². The average molecular weight is 339 g/mol. The Kier molecular flexibility index (Phi) is 4.09. The van der Waals surface area contributed by atoms with E-state index in [1.54, 1.807) is 12.3 Å². The number of piperazine rings is 1. The fraction of sp³-hybridized carbons (Fsp3) is 0.444. The summed E-state index contributed by atoms with van der Waals surface area (Å²) < 4.78 is 0.